The standard InChI is InChI=1S/C8H15BO4/c1-7(6-10)8(13-2)4-3-5-9(11)12/h3-4,10-12H,5-6H2,1-2H3/b4-3-,8-7-. The number of rotatable bonds is 5. The van der Waals surface area contributed by atoms with E-state index in [2.05, 4.69) is 0 Å². The quantitative estimate of drug-likeness (QED) is 0.319. The molecule has 0 bridgehead atoms. The molecule has 0 aromatic rings. The van der Waals surface area contributed by atoms with Gasteiger partial charge in [-0.15, -0.1) is 0 Å². The summed E-state index contributed by atoms with van der Waals surface area (Å²) in [6.45, 7) is 1.66. The minimum Gasteiger partial charge on any atom is -0.497 e. The summed E-state index contributed by atoms with van der Waals surface area (Å²) in [7, 11) is 0.151. The molecule has 0 atom stereocenters. The van der Waals surface area contributed by atoms with E-state index in [9.17, 15) is 0 Å². The highest BCUT2D eigenvalue weighted by Gasteiger charge is 2.02. The maximum Gasteiger partial charge on any atom is 0.455 e. The topological polar surface area (TPSA) is 69.9 Å². The fourth-order valence-electron chi connectivity index (χ4n) is 0.759. The lowest BCUT2D eigenvalue weighted by atomic mass is 9.86. The van der Waals surface area contributed by atoms with Gasteiger partial charge in [-0.2, -0.15) is 0 Å². The Labute approximate surface area is 78.3 Å². The number of aliphatic hydroxyl groups is 1. The predicted molar refractivity (Wildman–Crippen MR) is 50.9 cm³/mol. The summed E-state index contributed by atoms with van der Waals surface area (Å²) in [6.07, 6.45) is 3.32. The first-order chi connectivity index (χ1) is 6.11. The van der Waals surface area contributed by atoms with Gasteiger partial charge in [0.05, 0.1) is 13.7 Å². The van der Waals surface area contributed by atoms with Gasteiger partial charge in [0, 0.05) is 6.32 Å². The lowest BCUT2D eigenvalue weighted by Crippen LogP contribution is -2.07. The summed E-state index contributed by atoms with van der Waals surface area (Å²) in [5.74, 6) is 0.545. The first kappa shape index (κ1) is 12.2. The Morgan fingerprint density at radius 1 is 1.46 bits per heavy atom. The average Bonchev–Trinajstić information content (AvgIpc) is 2.11. The van der Waals surface area contributed by atoms with Crippen LogP contribution in [0.2, 0.25) is 6.32 Å². The van der Waals surface area contributed by atoms with Gasteiger partial charge < -0.3 is 19.9 Å². The molecule has 0 aliphatic rings. The molecule has 0 aliphatic carbocycles. The van der Waals surface area contributed by atoms with Gasteiger partial charge in [-0.05, 0) is 18.6 Å². The summed E-state index contributed by atoms with van der Waals surface area (Å²) in [6, 6.07) is 0. The second kappa shape index (κ2) is 6.71. The summed E-state index contributed by atoms with van der Waals surface area (Å²) >= 11 is 0. The van der Waals surface area contributed by atoms with E-state index < -0.39 is 7.12 Å². The van der Waals surface area contributed by atoms with Crippen LogP contribution in [0.3, 0.4) is 0 Å². The van der Waals surface area contributed by atoms with Gasteiger partial charge in [0.2, 0.25) is 0 Å². The van der Waals surface area contributed by atoms with Crippen molar-refractivity contribution >= 4 is 7.12 Å². The predicted octanol–water partition coefficient (Wildman–Crippen LogP) is -0.0719. The maximum absolute atomic E-state index is 8.77. The van der Waals surface area contributed by atoms with Gasteiger partial charge in [0.1, 0.15) is 5.76 Å². The number of methoxy groups -OCH3 is 1. The third kappa shape index (κ3) is 5.46. The Hall–Kier alpha value is -0.775. The number of hydrogen-bond donors (Lipinski definition) is 3. The van der Waals surface area contributed by atoms with Crippen molar-refractivity contribution < 1.29 is 19.9 Å². The van der Waals surface area contributed by atoms with E-state index in [0.717, 1.165) is 0 Å². The molecule has 5 heteroatoms. The van der Waals surface area contributed by atoms with Gasteiger partial charge >= 0.3 is 7.12 Å². The molecule has 0 saturated heterocycles. The van der Waals surface area contributed by atoms with Crippen LogP contribution in [0.15, 0.2) is 23.5 Å². The zero-order chi connectivity index (χ0) is 10.3. The Morgan fingerprint density at radius 3 is 2.46 bits per heavy atom. The van der Waals surface area contributed by atoms with Crippen molar-refractivity contribution in [2.45, 2.75) is 13.2 Å². The summed E-state index contributed by atoms with van der Waals surface area (Å²) < 4.78 is 4.95. The van der Waals surface area contributed by atoms with Crippen LogP contribution in [-0.2, 0) is 4.74 Å². The molecule has 3 N–H and O–H groups in total. The van der Waals surface area contributed by atoms with Gasteiger partial charge in [-0.25, -0.2) is 0 Å². The normalized spacial score (nSPS) is 13.0. The first-order valence-electron chi connectivity index (χ1n) is 3.99. The molecular weight excluding hydrogens is 171 g/mol. The van der Waals surface area contributed by atoms with Gasteiger partial charge in [-0.1, -0.05) is 6.08 Å². The summed E-state index contributed by atoms with van der Waals surface area (Å²) in [5, 5.41) is 25.8. The number of allylic oxidation sites excluding steroid dienone is 2. The zero-order valence-corrected chi connectivity index (χ0v) is 7.90. The summed E-state index contributed by atoms with van der Waals surface area (Å²) in [4.78, 5) is 0. The van der Waals surface area contributed by atoms with Gasteiger partial charge in [-0.3, -0.25) is 0 Å². The Morgan fingerprint density at radius 2 is 2.08 bits per heavy atom. The SMILES string of the molecule is COC(/C=C\CB(O)O)=C(/C)CO. The van der Waals surface area contributed by atoms with Crippen LogP contribution >= 0.6 is 0 Å². The van der Waals surface area contributed by atoms with E-state index in [4.69, 9.17) is 19.9 Å². The molecule has 0 aromatic heterocycles. The lowest BCUT2D eigenvalue weighted by Gasteiger charge is -2.03. The second-order valence-electron chi connectivity index (χ2n) is 2.63. The van der Waals surface area contributed by atoms with E-state index >= 15 is 0 Å². The minimum atomic E-state index is -1.34. The van der Waals surface area contributed by atoms with E-state index in [-0.39, 0.29) is 12.9 Å². The van der Waals surface area contributed by atoms with Crippen LogP contribution in [0.5, 0.6) is 0 Å². The van der Waals surface area contributed by atoms with Crippen LogP contribution in [0.25, 0.3) is 0 Å². The Balaban J connectivity index is 4.20. The van der Waals surface area contributed by atoms with Crippen LogP contribution in [0.4, 0.5) is 0 Å². The molecule has 0 spiro atoms. The number of ether oxygens (including phenoxy) is 1. The third-order valence-corrected chi connectivity index (χ3v) is 1.49. The molecule has 74 valence electrons. The molecule has 0 fully saturated rings. The smallest absolute Gasteiger partial charge is 0.455 e. The van der Waals surface area contributed by atoms with E-state index in [1.807, 2.05) is 0 Å². The highest BCUT2D eigenvalue weighted by molar-refractivity contribution is 6.41. The van der Waals surface area contributed by atoms with Crippen molar-refractivity contribution in [1.82, 2.24) is 0 Å². The van der Waals surface area contributed by atoms with Crippen molar-refractivity contribution in [3.63, 3.8) is 0 Å². The van der Waals surface area contributed by atoms with Crippen molar-refractivity contribution in [2.24, 2.45) is 0 Å². The Bertz CT molecular complexity index is 198. The zero-order valence-electron chi connectivity index (χ0n) is 7.90. The first-order valence-corrected chi connectivity index (χ1v) is 3.99. The number of aliphatic hydroxyl groups excluding tert-OH is 1. The molecular formula is C8H15BO4. The molecule has 0 amide bonds. The van der Waals surface area contributed by atoms with Gasteiger partial charge in [0.15, 0.2) is 0 Å². The average molecular weight is 186 g/mol. The largest absolute Gasteiger partial charge is 0.497 e. The lowest BCUT2D eigenvalue weighted by molar-refractivity contribution is 0.280. The van der Waals surface area contributed by atoms with Crippen LogP contribution in [0.1, 0.15) is 6.92 Å². The van der Waals surface area contributed by atoms with Crippen LogP contribution < -0.4 is 0 Å². The van der Waals surface area contributed by atoms with Gasteiger partial charge in [0.25, 0.3) is 0 Å². The number of hydrogen-bond acceptors (Lipinski definition) is 4. The Kier molecular flexibility index (Phi) is 6.31. The molecule has 0 heterocycles. The third-order valence-electron chi connectivity index (χ3n) is 1.49. The molecule has 0 rings (SSSR count). The highest BCUT2D eigenvalue weighted by Crippen LogP contribution is 2.06. The van der Waals surface area contributed by atoms with E-state index in [1.165, 1.54) is 7.11 Å². The summed E-state index contributed by atoms with van der Waals surface area (Å²) in [5.41, 5.74) is 0.700. The van der Waals surface area contributed by atoms with Crippen molar-refractivity contribution in [3.05, 3.63) is 23.5 Å². The van der Waals surface area contributed by atoms with Crippen molar-refractivity contribution in [2.75, 3.05) is 13.7 Å². The van der Waals surface area contributed by atoms with Crippen molar-refractivity contribution in [3.8, 4) is 0 Å². The molecule has 0 aliphatic heterocycles. The molecule has 0 saturated carbocycles. The molecule has 0 aromatic carbocycles. The maximum atomic E-state index is 8.77. The fraction of sp³-hybridized carbons (Fsp3) is 0.500. The molecule has 4 nitrogen and oxygen atoms in total. The van der Waals surface area contributed by atoms with E-state index in [0.29, 0.717) is 11.3 Å². The fourth-order valence-corrected chi connectivity index (χ4v) is 0.759. The molecule has 13 heavy (non-hydrogen) atoms. The van der Waals surface area contributed by atoms with E-state index in [1.54, 1.807) is 19.1 Å². The minimum absolute atomic E-state index is 0.0742. The second-order valence-corrected chi connectivity index (χ2v) is 2.63. The van der Waals surface area contributed by atoms with Crippen LogP contribution in [0, 0.1) is 0 Å². The molecule has 0 unspecified atom stereocenters. The van der Waals surface area contributed by atoms with Crippen molar-refractivity contribution in [1.29, 1.82) is 0 Å². The molecule has 0 radical (unpaired) electrons. The van der Waals surface area contributed by atoms with Crippen LogP contribution in [-0.4, -0.2) is 36.0 Å². The highest BCUT2D eigenvalue weighted by atomic mass is 16.5. The monoisotopic (exact) mass is 186 g/mol.